The molecule has 1 aromatic carbocycles. The number of anilines is 1. The molecule has 1 amide bonds. The van der Waals surface area contributed by atoms with Crippen LogP contribution in [0.25, 0.3) is 10.2 Å². The van der Waals surface area contributed by atoms with Crippen molar-refractivity contribution in [2.24, 2.45) is 5.92 Å². The van der Waals surface area contributed by atoms with Gasteiger partial charge in [-0.3, -0.25) is 4.79 Å². The van der Waals surface area contributed by atoms with Crippen LogP contribution >= 0.6 is 11.3 Å². The Morgan fingerprint density at radius 3 is 3.00 bits per heavy atom. The number of hydrogen-bond acceptors (Lipinski definition) is 5. The van der Waals surface area contributed by atoms with Crippen LogP contribution in [0.15, 0.2) is 18.2 Å². The molecule has 1 unspecified atom stereocenters. The number of hydrogen-bond donors (Lipinski definition) is 2. The van der Waals surface area contributed by atoms with Crippen LogP contribution in [-0.4, -0.2) is 36.8 Å². The van der Waals surface area contributed by atoms with Gasteiger partial charge in [0.05, 0.1) is 16.1 Å². The van der Waals surface area contributed by atoms with Gasteiger partial charge in [-0.2, -0.15) is 13.2 Å². The average Bonchev–Trinajstić information content (AvgIpc) is 3.12. The fraction of sp³-hybridized carbons (Fsp3) is 0.429. The van der Waals surface area contributed by atoms with Crippen molar-refractivity contribution < 1.29 is 22.7 Å². The largest absolute Gasteiger partial charge is 0.484 e. The van der Waals surface area contributed by atoms with Crippen molar-refractivity contribution in [1.29, 1.82) is 0 Å². The molecule has 1 fully saturated rings. The standard InChI is InChI=1S/C14H14F3N3O2S/c15-14(16,17)7-22-9-1-2-10-11(5-9)23-13(19-10)20-12(21)8-3-4-18-6-8/h1-2,5,8,18H,3-4,6-7H2,(H,19,20,21). The fourth-order valence-corrected chi connectivity index (χ4v) is 3.20. The minimum atomic E-state index is -4.38. The zero-order chi connectivity index (χ0) is 16.4. The lowest BCUT2D eigenvalue weighted by Gasteiger charge is -2.08. The van der Waals surface area contributed by atoms with Crippen molar-refractivity contribution in [2.75, 3.05) is 25.0 Å². The third-order valence-electron chi connectivity index (χ3n) is 3.42. The second kappa shape index (κ2) is 6.32. The number of nitrogens with one attached hydrogen (secondary N) is 2. The van der Waals surface area contributed by atoms with Gasteiger partial charge < -0.3 is 15.4 Å². The van der Waals surface area contributed by atoms with Crippen LogP contribution in [0.1, 0.15) is 6.42 Å². The molecule has 3 rings (SSSR count). The topological polar surface area (TPSA) is 63.2 Å². The molecule has 5 nitrogen and oxygen atoms in total. The molecule has 0 saturated carbocycles. The summed E-state index contributed by atoms with van der Waals surface area (Å²) in [5.41, 5.74) is 0.606. The van der Waals surface area contributed by atoms with Crippen molar-refractivity contribution in [3.05, 3.63) is 18.2 Å². The predicted octanol–water partition coefficient (Wildman–Crippen LogP) is 2.79. The highest BCUT2D eigenvalue weighted by molar-refractivity contribution is 7.22. The van der Waals surface area contributed by atoms with E-state index < -0.39 is 12.8 Å². The number of rotatable bonds is 4. The van der Waals surface area contributed by atoms with Gasteiger partial charge in [0.2, 0.25) is 5.91 Å². The molecule has 0 aliphatic carbocycles. The van der Waals surface area contributed by atoms with Crippen LogP contribution < -0.4 is 15.4 Å². The SMILES string of the molecule is O=C(Nc1nc2ccc(OCC(F)(F)F)cc2s1)C1CCNC1. The molecule has 23 heavy (non-hydrogen) atoms. The van der Waals surface area contributed by atoms with Crippen molar-refractivity contribution in [3.63, 3.8) is 0 Å². The van der Waals surface area contributed by atoms with E-state index in [2.05, 4.69) is 15.6 Å². The number of fused-ring (bicyclic) bond motifs is 1. The molecular formula is C14H14F3N3O2S. The van der Waals surface area contributed by atoms with Crippen molar-refractivity contribution >= 4 is 32.6 Å². The van der Waals surface area contributed by atoms with E-state index >= 15 is 0 Å². The van der Waals surface area contributed by atoms with Crippen molar-refractivity contribution in [2.45, 2.75) is 12.6 Å². The van der Waals surface area contributed by atoms with Gasteiger partial charge in [0.25, 0.3) is 0 Å². The summed E-state index contributed by atoms with van der Waals surface area (Å²) in [6, 6.07) is 4.50. The van der Waals surface area contributed by atoms with Gasteiger partial charge in [0.1, 0.15) is 5.75 Å². The Hall–Kier alpha value is -1.87. The zero-order valence-corrected chi connectivity index (χ0v) is 12.8. The molecule has 2 heterocycles. The maximum Gasteiger partial charge on any atom is 0.422 e. The molecule has 0 radical (unpaired) electrons. The Kier molecular flexibility index (Phi) is 4.40. The second-order valence-electron chi connectivity index (χ2n) is 5.23. The van der Waals surface area contributed by atoms with Crippen LogP contribution in [0.3, 0.4) is 0 Å². The zero-order valence-electron chi connectivity index (χ0n) is 11.9. The van der Waals surface area contributed by atoms with Gasteiger partial charge in [-0.1, -0.05) is 11.3 Å². The van der Waals surface area contributed by atoms with E-state index in [0.717, 1.165) is 13.0 Å². The number of ether oxygens (including phenoxy) is 1. The first-order valence-electron chi connectivity index (χ1n) is 7.02. The first kappa shape index (κ1) is 16.0. The quantitative estimate of drug-likeness (QED) is 0.894. The number of alkyl halides is 3. The van der Waals surface area contributed by atoms with E-state index in [0.29, 0.717) is 21.9 Å². The molecule has 1 aliphatic rings. The summed E-state index contributed by atoms with van der Waals surface area (Å²) in [6.07, 6.45) is -3.59. The lowest BCUT2D eigenvalue weighted by molar-refractivity contribution is -0.153. The molecule has 1 saturated heterocycles. The van der Waals surface area contributed by atoms with Gasteiger partial charge in [-0.05, 0) is 31.2 Å². The van der Waals surface area contributed by atoms with Gasteiger partial charge >= 0.3 is 6.18 Å². The molecule has 1 aromatic heterocycles. The van der Waals surface area contributed by atoms with Crippen LogP contribution in [0.5, 0.6) is 5.75 Å². The summed E-state index contributed by atoms with van der Waals surface area (Å²) in [5, 5.41) is 6.30. The summed E-state index contributed by atoms with van der Waals surface area (Å²) < 4.78 is 41.9. The Morgan fingerprint density at radius 1 is 1.48 bits per heavy atom. The van der Waals surface area contributed by atoms with E-state index in [9.17, 15) is 18.0 Å². The predicted molar refractivity (Wildman–Crippen MR) is 80.8 cm³/mol. The van der Waals surface area contributed by atoms with Crippen LogP contribution in [0.4, 0.5) is 18.3 Å². The number of amides is 1. The molecule has 2 N–H and O–H groups in total. The molecule has 1 atom stereocenters. The van der Waals surface area contributed by atoms with Crippen molar-refractivity contribution in [1.82, 2.24) is 10.3 Å². The highest BCUT2D eigenvalue weighted by Gasteiger charge is 2.28. The molecule has 0 spiro atoms. The van der Waals surface area contributed by atoms with E-state index in [-0.39, 0.29) is 17.6 Å². The summed E-state index contributed by atoms with van der Waals surface area (Å²) >= 11 is 1.21. The van der Waals surface area contributed by atoms with E-state index in [4.69, 9.17) is 4.74 Å². The second-order valence-corrected chi connectivity index (χ2v) is 6.26. The highest BCUT2D eigenvalue weighted by atomic mass is 32.1. The van der Waals surface area contributed by atoms with E-state index in [1.807, 2.05) is 0 Å². The lowest BCUT2D eigenvalue weighted by atomic mass is 10.1. The maximum absolute atomic E-state index is 12.2. The smallest absolute Gasteiger partial charge is 0.422 e. The van der Waals surface area contributed by atoms with Gasteiger partial charge in [0.15, 0.2) is 11.7 Å². The number of nitrogens with zero attached hydrogens (tertiary/aromatic N) is 1. The minimum absolute atomic E-state index is 0.0762. The monoisotopic (exact) mass is 345 g/mol. The summed E-state index contributed by atoms with van der Waals surface area (Å²) in [4.78, 5) is 16.3. The first-order valence-corrected chi connectivity index (χ1v) is 7.84. The molecule has 1 aliphatic heterocycles. The number of thiazole rings is 1. The third-order valence-corrected chi connectivity index (χ3v) is 4.36. The lowest BCUT2D eigenvalue weighted by Crippen LogP contribution is -2.24. The normalized spacial score (nSPS) is 18.3. The highest BCUT2D eigenvalue weighted by Crippen LogP contribution is 2.30. The molecule has 9 heteroatoms. The van der Waals surface area contributed by atoms with Crippen LogP contribution in [0.2, 0.25) is 0 Å². The Morgan fingerprint density at radius 2 is 2.30 bits per heavy atom. The third kappa shape index (κ3) is 4.11. The van der Waals surface area contributed by atoms with Gasteiger partial charge in [-0.25, -0.2) is 4.98 Å². The Balaban J connectivity index is 1.70. The van der Waals surface area contributed by atoms with E-state index in [1.54, 1.807) is 6.07 Å². The Bertz CT molecular complexity index is 711. The molecule has 124 valence electrons. The van der Waals surface area contributed by atoms with Crippen LogP contribution in [0, 0.1) is 5.92 Å². The number of halogens is 3. The summed E-state index contributed by atoms with van der Waals surface area (Å²) in [7, 11) is 0. The molecule has 2 aromatic rings. The minimum Gasteiger partial charge on any atom is -0.484 e. The number of benzene rings is 1. The first-order chi connectivity index (χ1) is 10.9. The summed E-state index contributed by atoms with van der Waals surface area (Å²) in [5.74, 6) is -0.0494. The Labute approximate surface area is 133 Å². The van der Waals surface area contributed by atoms with Gasteiger partial charge in [0, 0.05) is 6.54 Å². The molecule has 0 bridgehead atoms. The van der Waals surface area contributed by atoms with E-state index in [1.165, 1.54) is 23.5 Å². The fourth-order valence-electron chi connectivity index (χ4n) is 2.30. The average molecular weight is 345 g/mol. The number of aromatic nitrogens is 1. The maximum atomic E-state index is 12.2. The number of carbonyl (C=O) groups is 1. The molecular weight excluding hydrogens is 331 g/mol. The van der Waals surface area contributed by atoms with Crippen molar-refractivity contribution in [3.8, 4) is 5.75 Å². The van der Waals surface area contributed by atoms with Crippen LogP contribution in [-0.2, 0) is 4.79 Å². The summed E-state index contributed by atoms with van der Waals surface area (Å²) in [6.45, 7) is 0.125. The number of carbonyl (C=O) groups excluding carboxylic acids is 1. The van der Waals surface area contributed by atoms with Gasteiger partial charge in [-0.15, -0.1) is 0 Å².